The summed E-state index contributed by atoms with van der Waals surface area (Å²) >= 11 is 0. The van der Waals surface area contributed by atoms with Crippen molar-refractivity contribution in [1.29, 1.82) is 0 Å². The molecule has 0 spiro atoms. The highest BCUT2D eigenvalue weighted by Crippen LogP contribution is 2.35. The van der Waals surface area contributed by atoms with Crippen LogP contribution < -0.4 is 0 Å². The van der Waals surface area contributed by atoms with Crippen molar-refractivity contribution in [3.05, 3.63) is 0 Å². The van der Waals surface area contributed by atoms with Crippen LogP contribution in [0.15, 0.2) is 0 Å². The van der Waals surface area contributed by atoms with Gasteiger partial charge in [-0.05, 0) is 25.5 Å². The summed E-state index contributed by atoms with van der Waals surface area (Å²) in [5.41, 5.74) is 0. The van der Waals surface area contributed by atoms with Crippen molar-refractivity contribution < 1.29 is 0 Å². The standard InChI is InChI=1S/C6H14BN/c1-3-6(7)4-8(2)5-6/h3-5,7H2,1-2H3. The van der Waals surface area contributed by atoms with E-state index in [0.29, 0.717) is 5.31 Å². The molecule has 1 aliphatic heterocycles. The first-order valence-corrected chi connectivity index (χ1v) is 3.35. The summed E-state index contributed by atoms with van der Waals surface area (Å²) in [5, 5.41) is 0.661. The van der Waals surface area contributed by atoms with Gasteiger partial charge in [-0.3, -0.25) is 0 Å². The molecule has 0 aliphatic carbocycles. The molecule has 2 heteroatoms. The second-order valence-corrected chi connectivity index (χ2v) is 3.34. The molecule has 0 saturated carbocycles. The Morgan fingerprint density at radius 2 is 2.12 bits per heavy atom. The van der Waals surface area contributed by atoms with Gasteiger partial charge in [-0.1, -0.05) is 13.3 Å². The van der Waals surface area contributed by atoms with Crippen LogP contribution in [0.3, 0.4) is 0 Å². The zero-order valence-electron chi connectivity index (χ0n) is 6.07. The predicted octanol–water partition coefficient (Wildman–Crippen LogP) is 0.134. The lowest BCUT2D eigenvalue weighted by Crippen LogP contribution is -2.48. The Balaban J connectivity index is 2.30. The van der Waals surface area contributed by atoms with E-state index in [1.807, 2.05) is 0 Å². The summed E-state index contributed by atoms with van der Waals surface area (Å²) in [5.74, 6) is 0. The number of hydrogen-bond donors (Lipinski definition) is 0. The third kappa shape index (κ3) is 0.897. The summed E-state index contributed by atoms with van der Waals surface area (Å²) < 4.78 is 0. The monoisotopic (exact) mass is 111 g/mol. The van der Waals surface area contributed by atoms with Crippen LogP contribution in [-0.4, -0.2) is 32.9 Å². The van der Waals surface area contributed by atoms with Gasteiger partial charge in [0.1, 0.15) is 7.85 Å². The minimum atomic E-state index is 0.661. The molecule has 0 aromatic carbocycles. The quantitative estimate of drug-likeness (QED) is 0.435. The highest BCUT2D eigenvalue weighted by Gasteiger charge is 2.33. The van der Waals surface area contributed by atoms with Crippen molar-refractivity contribution >= 4 is 7.85 Å². The third-order valence-corrected chi connectivity index (χ3v) is 2.16. The molecule has 0 amide bonds. The molecule has 0 unspecified atom stereocenters. The van der Waals surface area contributed by atoms with Gasteiger partial charge in [0, 0.05) is 0 Å². The van der Waals surface area contributed by atoms with Gasteiger partial charge in [0.05, 0.1) is 0 Å². The lowest BCUT2D eigenvalue weighted by Gasteiger charge is -2.46. The minimum Gasteiger partial charge on any atom is -0.307 e. The van der Waals surface area contributed by atoms with Crippen LogP contribution in [-0.2, 0) is 0 Å². The lowest BCUT2D eigenvalue weighted by atomic mass is 9.62. The molecule has 8 heavy (non-hydrogen) atoms. The van der Waals surface area contributed by atoms with Gasteiger partial charge in [0.2, 0.25) is 0 Å². The molecule has 0 bridgehead atoms. The van der Waals surface area contributed by atoms with Gasteiger partial charge < -0.3 is 4.90 Å². The Labute approximate surface area is 52.5 Å². The molecule has 1 saturated heterocycles. The van der Waals surface area contributed by atoms with Gasteiger partial charge in [-0.25, -0.2) is 0 Å². The topological polar surface area (TPSA) is 3.24 Å². The summed E-state index contributed by atoms with van der Waals surface area (Å²) in [7, 11) is 4.53. The van der Waals surface area contributed by atoms with Gasteiger partial charge in [-0.15, -0.1) is 0 Å². The highest BCUT2D eigenvalue weighted by atomic mass is 15.2. The minimum absolute atomic E-state index is 0.661. The van der Waals surface area contributed by atoms with E-state index in [2.05, 4.69) is 26.7 Å². The molecule has 0 aromatic heterocycles. The zero-order chi connectivity index (χ0) is 6.20. The normalized spacial score (nSPS) is 27.2. The fourth-order valence-electron chi connectivity index (χ4n) is 1.48. The van der Waals surface area contributed by atoms with E-state index in [1.54, 1.807) is 0 Å². The molecular weight excluding hydrogens is 96.9 g/mol. The van der Waals surface area contributed by atoms with Crippen LogP contribution in [0.5, 0.6) is 0 Å². The molecule has 1 nitrogen and oxygen atoms in total. The van der Waals surface area contributed by atoms with Crippen molar-refractivity contribution in [2.45, 2.75) is 18.7 Å². The summed E-state index contributed by atoms with van der Waals surface area (Å²) in [6.45, 7) is 4.86. The fourth-order valence-corrected chi connectivity index (χ4v) is 1.48. The number of hydrogen-bond acceptors (Lipinski definition) is 1. The van der Waals surface area contributed by atoms with Crippen molar-refractivity contribution in [3.63, 3.8) is 0 Å². The lowest BCUT2D eigenvalue weighted by molar-refractivity contribution is 0.147. The summed E-state index contributed by atoms with van der Waals surface area (Å²) in [6.07, 6.45) is 1.33. The molecule has 1 aliphatic rings. The van der Waals surface area contributed by atoms with Gasteiger partial charge >= 0.3 is 0 Å². The Kier molecular flexibility index (Phi) is 1.36. The average molecular weight is 111 g/mol. The Morgan fingerprint density at radius 1 is 1.62 bits per heavy atom. The maximum atomic E-state index is 2.36. The van der Waals surface area contributed by atoms with Crippen LogP contribution in [0.25, 0.3) is 0 Å². The van der Waals surface area contributed by atoms with Crippen molar-refractivity contribution in [3.8, 4) is 0 Å². The van der Waals surface area contributed by atoms with Crippen molar-refractivity contribution in [2.24, 2.45) is 0 Å². The fraction of sp³-hybridized carbons (Fsp3) is 1.00. The second kappa shape index (κ2) is 1.76. The first-order valence-electron chi connectivity index (χ1n) is 3.35. The first kappa shape index (κ1) is 6.15. The van der Waals surface area contributed by atoms with Crippen LogP contribution in [0, 0.1) is 0 Å². The summed E-state index contributed by atoms with van der Waals surface area (Å²) in [4.78, 5) is 2.36. The number of nitrogens with zero attached hydrogens (tertiary/aromatic N) is 1. The Bertz CT molecular complexity index is 86.5. The number of rotatable bonds is 1. The molecular formula is C6H14BN. The smallest absolute Gasteiger partial charge is 0.112 e. The largest absolute Gasteiger partial charge is 0.307 e. The molecule has 0 radical (unpaired) electrons. The second-order valence-electron chi connectivity index (χ2n) is 3.34. The third-order valence-electron chi connectivity index (χ3n) is 2.16. The molecule has 46 valence electrons. The van der Waals surface area contributed by atoms with E-state index in [1.165, 1.54) is 19.5 Å². The van der Waals surface area contributed by atoms with E-state index in [0.717, 1.165) is 0 Å². The van der Waals surface area contributed by atoms with Crippen molar-refractivity contribution in [2.75, 3.05) is 20.1 Å². The zero-order valence-corrected chi connectivity index (χ0v) is 6.07. The van der Waals surface area contributed by atoms with Crippen LogP contribution in [0.1, 0.15) is 13.3 Å². The Morgan fingerprint density at radius 3 is 2.25 bits per heavy atom. The Hall–Kier alpha value is 0.0249. The maximum Gasteiger partial charge on any atom is 0.112 e. The van der Waals surface area contributed by atoms with Crippen LogP contribution >= 0.6 is 0 Å². The highest BCUT2D eigenvalue weighted by molar-refractivity contribution is 6.16. The first-order chi connectivity index (χ1) is 3.66. The maximum absolute atomic E-state index is 2.36. The molecule has 0 N–H and O–H groups in total. The van der Waals surface area contributed by atoms with E-state index in [9.17, 15) is 0 Å². The predicted molar refractivity (Wildman–Crippen MR) is 39.0 cm³/mol. The molecule has 1 fully saturated rings. The number of likely N-dealkylation sites (tertiary alicyclic amines) is 1. The average Bonchev–Trinajstić information content (AvgIpc) is 1.63. The van der Waals surface area contributed by atoms with Crippen LogP contribution in [0.4, 0.5) is 0 Å². The van der Waals surface area contributed by atoms with E-state index < -0.39 is 0 Å². The van der Waals surface area contributed by atoms with E-state index in [-0.39, 0.29) is 0 Å². The molecule has 0 atom stereocenters. The summed E-state index contributed by atoms with van der Waals surface area (Å²) in [6, 6.07) is 0. The SMILES string of the molecule is BC1(CC)CN(C)C1. The van der Waals surface area contributed by atoms with Gasteiger partial charge in [0.25, 0.3) is 0 Å². The van der Waals surface area contributed by atoms with E-state index in [4.69, 9.17) is 0 Å². The molecule has 0 aromatic rings. The molecule has 1 rings (SSSR count). The van der Waals surface area contributed by atoms with Crippen LogP contribution in [0.2, 0.25) is 5.31 Å². The van der Waals surface area contributed by atoms with Gasteiger partial charge in [0.15, 0.2) is 0 Å². The van der Waals surface area contributed by atoms with Crippen molar-refractivity contribution in [1.82, 2.24) is 4.90 Å². The van der Waals surface area contributed by atoms with E-state index >= 15 is 0 Å². The van der Waals surface area contributed by atoms with Gasteiger partial charge in [-0.2, -0.15) is 0 Å². The molecule has 1 heterocycles.